The van der Waals surface area contributed by atoms with Gasteiger partial charge < -0.3 is 15.2 Å². The summed E-state index contributed by atoms with van der Waals surface area (Å²) in [6.45, 7) is 0.659. The molecule has 3 nitrogen and oxygen atoms in total. The highest BCUT2D eigenvalue weighted by molar-refractivity contribution is 5.54. The largest absolute Gasteiger partial charge is 0.493 e. The Bertz CT molecular complexity index is 639. The highest BCUT2D eigenvalue weighted by Crippen LogP contribution is 2.45. The van der Waals surface area contributed by atoms with Crippen molar-refractivity contribution in [2.75, 3.05) is 20.8 Å². The van der Waals surface area contributed by atoms with Gasteiger partial charge in [0.25, 0.3) is 0 Å². The number of rotatable bonds is 4. The minimum atomic E-state index is 0.369. The second kappa shape index (κ2) is 6.41. The summed E-state index contributed by atoms with van der Waals surface area (Å²) in [5.74, 6) is 2.50. The number of ether oxygens (including phenoxy) is 2. The molecule has 0 heterocycles. The van der Waals surface area contributed by atoms with Gasteiger partial charge >= 0.3 is 0 Å². The van der Waals surface area contributed by atoms with Crippen LogP contribution in [0.3, 0.4) is 0 Å². The van der Waals surface area contributed by atoms with E-state index in [9.17, 15) is 0 Å². The second-order valence-electron chi connectivity index (χ2n) is 5.85. The number of benzene rings is 2. The predicted octanol–water partition coefficient (Wildman–Crippen LogP) is 3.48. The van der Waals surface area contributed by atoms with Gasteiger partial charge in [0.1, 0.15) is 0 Å². The van der Waals surface area contributed by atoms with E-state index in [0.29, 0.717) is 18.4 Å². The summed E-state index contributed by atoms with van der Waals surface area (Å²) in [5.41, 5.74) is 9.98. The average molecular weight is 297 g/mol. The van der Waals surface area contributed by atoms with E-state index in [1.807, 2.05) is 6.07 Å². The predicted molar refractivity (Wildman–Crippen MR) is 88.8 cm³/mol. The van der Waals surface area contributed by atoms with E-state index in [0.717, 1.165) is 24.3 Å². The van der Waals surface area contributed by atoms with Crippen LogP contribution < -0.4 is 15.2 Å². The summed E-state index contributed by atoms with van der Waals surface area (Å²) in [7, 11) is 3.39. The van der Waals surface area contributed by atoms with Crippen molar-refractivity contribution in [3.8, 4) is 11.5 Å². The molecule has 2 N–H and O–H groups in total. The van der Waals surface area contributed by atoms with Gasteiger partial charge in [0, 0.05) is 5.56 Å². The Morgan fingerprint density at radius 3 is 2.45 bits per heavy atom. The number of hydrogen-bond acceptors (Lipinski definition) is 3. The number of fused-ring (bicyclic) bond motifs is 1. The van der Waals surface area contributed by atoms with E-state index < -0.39 is 0 Å². The van der Waals surface area contributed by atoms with Gasteiger partial charge in [-0.3, -0.25) is 0 Å². The van der Waals surface area contributed by atoms with Crippen LogP contribution in [0.15, 0.2) is 42.5 Å². The molecular formula is C19H23NO2. The van der Waals surface area contributed by atoms with Crippen LogP contribution >= 0.6 is 0 Å². The van der Waals surface area contributed by atoms with Crippen LogP contribution in [0.5, 0.6) is 11.5 Å². The lowest BCUT2D eigenvalue weighted by Gasteiger charge is -2.32. The highest BCUT2D eigenvalue weighted by atomic mass is 16.5. The van der Waals surface area contributed by atoms with Crippen molar-refractivity contribution >= 4 is 0 Å². The lowest BCUT2D eigenvalue weighted by molar-refractivity contribution is 0.346. The van der Waals surface area contributed by atoms with Crippen molar-refractivity contribution in [2.24, 2.45) is 5.73 Å². The van der Waals surface area contributed by atoms with Crippen LogP contribution in [-0.2, 0) is 6.42 Å². The Kier molecular flexibility index (Phi) is 4.34. The first-order chi connectivity index (χ1) is 10.8. The first-order valence-electron chi connectivity index (χ1n) is 7.77. The van der Waals surface area contributed by atoms with Gasteiger partial charge in [-0.25, -0.2) is 0 Å². The van der Waals surface area contributed by atoms with Crippen LogP contribution in [0, 0.1) is 0 Å². The van der Waals surface area contributed by atoms with Crippen LogP contribution in [0.1, 0.15) is 34.9 Å². The zero-order valence-electron chi connectivity index (χ0n) is 13.2. The molecule has 0 amide bonds. The molecule has 22 heavy (non-hydrogen) atoms. The van der Waals surface area contributed by atoms with Gasteiger partial charge in [-0.05, 0) is 48.4 Å². The summed E-state index contributed by atoms with van der Waals surface area (Å²) in [4.78, 5) is 0. The molecule has 1 aliphatic carbocycles. The van der Waals surface area contributed by atoms with Crippen molar-refractivity contribution in [1.29, 1.82) is 0 Å². The van der Waals surface area contributed by atoms with Crippen molar-refractivity contribution in [3.63, 3.8) is 0 Å². The summed E-state index contributed by atoms with van der Waals surface area (Å²) < 4.78 is 11.1. The Morgan fingerprint density at radius 1 is 1.05 bits per heavy atom. The average Bonchev–Trinajstić information content (AvgIpc) is 2.60. The molecule has 2 aromatic rings. The van der Waals surface area contributed by atoms with E-state index >= 15 is 0 Å². The van der Waals surface area contributed by atoms with E-state index in [1.54, 1.807) is 14.2 Å². The normalized spacial score (nSPS) is 20.3. The number of nitrogens with two attached hydrogens (primary N) is 1. The molecule has 0 bridgehead atoms. The maximum Gasteiger partial charge on any atom is 0.164 e. The molecule has 2 aromatic carbocycles. The molecule has 2 atom stereocenters. The smallest absolute Gasteiger partial charge is 0.164 e. The SMILES string of the molecule is COc1ccc2c(c1OC)C[C@@H](c1ccccc1)C[C@H]2CN. The molecule has 0 fully saturated rings. The Labute approximate surface area is 132 Å². The molecule has 1 aliphatic rings. The molecule has 0 aliphatic heterocycles. The fourth-order valence-electron chi connectivity index (χ4n) is 3.60. The minimum Gasteiger partial charge on any atom is -0.493 e. The monoisotopic (exact) mass is 297 g/mol. The van der Waals surface area contributed by atoms with Gasteiger partial charge in [-0.15, -0.1) is 0 Å². The third-order valence-electron chi connectivity index (χ3n) is 4.70. The van der Waals surface area contributed by atoms with E-state index in [4.69, 9.17) is 15.2 Å². The molecule has 0 saturated heterocycles. The minimum absolute atomic E-state index is 0.369. The lowest BCUT2D eigenvalue weighted by Crippen LogP contribution is -2.23. The summed E-state index contributed by atoms with van der Waals surface area (Å²) >= 11 is 0. The van der Waals surface area contributed by atoms with Crippen molar-refractivity contribution in [2.45, 2.75) is 24.7 Å². The van der Waals surface area contributed by atoms with Gasteiger partial charge in [-0.2, -0.15) is 0 Å². The van der Waals surface area contributed by atoms with Gasteiger partial charge in [0.15, 0.2) is 11.5 Å². The van der Waals surface area contributed by atoms with Crippen LogP contribution in [0.2, 0.25) is 0 Å². The van der Waals surface area contributed by atoms with Crippen molar-refractivity contribution in [1.82, 2.24) is 0 Å². The standard InChI is InChI=1S/C19H23NO2/c1-21-18-9-8-16-15(12-20)10-14(11-17(16)19(18)22-2)13-6-4-3-5-7-13/h3-9,14-15H,10-12,20H2,1-2H3/t14-,15-/m0/s1. The summed E-state index contributed by atoms with van der Waals surface area (Å²) in [6, 6.07) is 14.8. The van der Waals surface area contributed by atoms with E-state index in [-0.39, 0.29) is 0 Å². The Hall–Kier alpha value is -2.00. The number of hydrogen-bond donors (Lipinski definition) is 1. The van der Waals surface area contributed by atoms with Gasteiger partial charge in [-0.1, -0.05) is 36.4 Å². The van der Waals surface area contributed by atoms with Crippen molar-refractivity contribution in [3.05, 3.63) is 59.2 Å². The number of methoxy groups -OCH3 is 2. The Balaban J connectivity index is 2.06. The second-order valence-corrected chi connectivity index (χ2v) is 5.85. The summed E-state index contributed by atoms with van der Waals surface area (Å²) in [5, 5.41) is 0. The molecule has 0 unspecified atom stereocenters. The Morgan fingerprint density at radius 2 is 1.82 bits per heavy atom. The topological polar surface area (TPSA) is 44.5 Å². The van der Waals surface area contributed by atoms with E-state index in [1.165, 1.54) is 16.7 Å². The molecular weight excluding hydrogens is 274 g/mol. The van der Waals surface area contributed by atoms with Gasteiger partial charge in [0.2, 0.25) is 0 Å². The maximum atomic E-state index is 6.05. The fourth-order valence-corrected chi connectivity index (χ4v) is 3.60. The first kappa shape index (κ1) is 14.9. The lowest BCUT2D eigenvalue weighted by atomic mass is 9.74. The molecule has 3 heteroatoms. The maximum absolute atomic E-state index is 6.05. The highest BCUT2D eigenvalue weighted by Gasteiger charge is 2.30. The van der Waals surface area contributed by atoms with Gasteiger partial charge in [0.05, 0.1) is 14.2 Å². The molecule has 0 radical (unpaired) electrons. The quantitative estimate of drug-likeness (QED) is 0.939. The van der Waals surface area contributed by atoms with Crippen molar-refractivity contribution < 1.29 is 9.47 Å². The zero-order chi connectivity index (χ0) is 15.5. The molecule has 0 saturated carbocycles. The molecule has 0 aromatic heterocycles. The molecule has 0 spiro atoms. The summed E-state index contributed by atoms with van der Waals surface area (Å²) in [6.07, 6.45) is 2.05. The first-order valence-corrected chi connectivity index (χ1v) is 7.77. The zero-order valence-corrected chi connectivity index (χ0v) is 13.2. The third-order valence-corrected chi connectivity index (χ3v) is 4.70. The fraction of sp³-hybridized carbons (Fsp3) is 0.368. The molecule has 3 rings (SSSR count). The molecule has 116 valence electrons. The third kappa shape index (κ3) is 2.57. The van der Waals surface area contributed by atoms with E-state index in [2.05, 4.69) is 36.4 Å². The van der Waals surface area contributed by atoms with Crippen LogP contribution in [-0.4, -0.2) is 20.8 Å². The van der Waals surface area contributed by atoms with Crippen LogP contribution in [0.25, 0.3) is 0 Å². The van der Waals surface area contributed by atoms with Crippen LogP contribution in [0.4, 0.5) is 0 Å².